The third kappa shape index (κ3) is 72.8. The zero-order valence-corrected chi connectivity index (χ0v) is 64.8. The fourth-order valence-corrected chi connectivity index (χ4v) is 11.1. The topological polar surface area (TPSA) is 237 Å². The second-order valence-corrected chi connectivity index (χ2v) is 27.7. The number of carbonyl (C=O) groups is 4. The number of allylic oxidation sites excluding steroid dienone is 27. The summed E-state index contributed by atoms with van der Waals surface area (Å²) in [4.78, 5) is 72.8. The van der Waals surface area contributed by atoms with Gasteiger partial charge in [-0.25, -0.2) is 9.13 Å². The average Bonchev–Trinajstić information content (AvgIpc) is 0.921. The van der Waals surface area contributed by atoms with E-state index in [4.69, 9.17) is 37.0 Å². The van der Waals surface area contributed by atoms with Crippen molar-refractivity contribution in [1.82, 2.24) is 0 Å². The predicted molar refractivity (Wildman–Crippen MR) is 417 cm³/mol. The van der Waals surface area contributed by atoms with Gasteiger partial charge in [0.2, 0.25) is 0 Å². The number of phosphoric acid groups is 2. The Morgan fingerprint density at radius 2 is 0.549 bits per heavy atom. The molecule has 5 atom stereocenters. The number of unbranched alkanes of at least 4 members (excludes halogenated alkanes) is 17. The SMILES string of the molecule is CC/C=C\C/C=C\C/C=C\C/C=C\C/C=C\CCCCCC(=O)OCC(COP(=O)(O)OCC(O)COP(=O)(O)OCC(COC(=O)C/C=C\C/C=C\C/C=C\C/C=C\C/C=C\CC)OC(=O)CCCCCCCCCCCCC)OC(=O)CCCCCC/C=C\C/C=C\C/C=C\C/C=C\CC. The summed E-state index contributed by atoms with van der Waals surface area (Å²) in [6, 6.07) is 0. The second kappa shape index (κ2) is 73.7. The van der Waals surface area contributed by atoms with Gasteiger partial charge in [-0.3, -0.25) is 37.3 Å². The van der Waals surface area contributed by atoms with Crippen molar-refractivity contribution in [3.8, 4) is 0 Å². The highest BCUT2D eigenvalue weighted by atomic mass is 31.2. The van der Waals surface area contributed by atoms with Crippen molar-refractivity contribution in [1.29, 1.82) is 0 Å². The number of esters is 4. The summed E-state index contributed by atoms with van der Waals surface area (Å²) < 4.78 is 68.3. The summed E-state index contributed by atoms with van der Waals surface area (Å²) in [6.45, 7) is 4.32. The summed E-state index contributed by atoms with van der Waals surface area (Å²) in [5, 5.41) is 10.6. The van der Waals surface area contributed by atoms with Gasteiger partial charge in [0.15, 0.2) is 12.2 Å². The molecule has 0 saturated heterocycles. The summed E-state index contributed by atoms with van der Waals surface area (Å²) >= 11 is 0. The summed E-state index contributed by atoms with van der Waals surface area (Å²) in [5.41, 5.74) is 0. The van der Waals surface area contributed by atoms with Crippen molar-refractivity contribution in [2.45, 2.75) is 290 Å². The van der Waals surface area contributed by atoms with Gasteiger partial charge in [-0.2, -0.15) is 0 Å². The van der Waals surface area contributed by atoms with Crippen molar-refractivity contribution in [3.05, 3.63) is 170 Å². The van der Waals surface area contributed by atoms with Crippen LogP contribution in [0, 0.1) is 0 Å². The monoisotopic (exact) mass is 1460 g/mol. The molecular formula is C83H134O17P2. The number of phosphoric ester groups is 2. The molecule has 0 rings (SSSR count). The number of ether oxygens (including phenoxy) is 4. The van der Waals surface area contributed by atoms with E-state index >= 15 is 0 Å². The van der Waals surface area contributed by atoms with Crippen LogP contribution in [0.3, 0.4) is 0 Å². The maximum absolute atomic E-state index is 13.1. The Morgan fingerprint density at radius 3 is 0.882 bits per heavy atom. The van der Waals surface area contributed by atoms with Crippen molar-refractivity contribution in [2.24, 2.45) is 0 Å². The van der Waals surface area contributed by atoms with E-state index in [-0.39, 0.29) is 25.7 Å². The van der Waals surface area contributed by atoms with Gasteiger partial charge < -0.3 is 33.8 Å². The standard InChI is InChI=1S/C83H134O17P2/c1-5-9-13-17-21-25-29-32-35-37-38-40-42-45-49-52-56-60-64-68-81(86)94-74-79(100-83(88)70-66-62-58-54-50-46-43-39-36-33-30-26-22-18-14-10-6-2)76-98-102(91,92)96-72-77(84)71-95-101(89,90)97-75-78(99-82(87)69-65-61-57-53-47-28-24-20-16-12-8-4)73-93-80(85)67-63-59-55-51-48-44-41-34-31-27-23-19-15-11-7-3/h9-11,13-15,21-23,25-27,32-36,38,40-41,43,45-46,48-49,51,59,63,77-79,84H,5-8,12,16-20,24,28-31,37,39,42,44,47,50,52-58,60-62,64-76H2,1-4H3,(H,89,90)(H,91,92)/b13-9-,14-10-,15-11-,25-21-,26-22-,27-23-,35-32-,36-33-,40-38-,41-34-,46-43-,49-45-,51-48-,63-59-. The van der Waals surface area contributed by atoms with Gasteiger partial charge in [0.25, 0.3) is 0 Å². The maximum Gasteiger partial charge on any atom is 0.472 e. The lowest BCUT2D eigenvalue weighted by atomic mass is 10.1. The van der Waals surface area contributed by atoms with Crippen LogP contribution >= 0.6 is 15.6 Å². The zero-order chi connectivity index (χ0) is 74.6. The molecule has 0 aromatic carbocycles. The lowest BCUT2D eigenvalue weighted by Crippen LogP contribution is -2.30. The molecule has 5 unspecified atom stereocenters. The predicted octanol–water partition coefficient (Wildman–Crippen LogP) is 22.2. The summed E-state index contributed by atoms with van der Waals surface area (Å²) in [5.74, 6) is -2.40. The first-order chi connectivity index (χ1) is 49.7. The maximum atomic E-state index is 13.1. The van der Waals surface area contributed by atoms with Crippen LogP contribution in [0.15, 0.2) is 170 Å². The number of hydrogen-bond acceptors (Lipinski definition) is 15. The molecule has 0 amide bonds. The molecule has 0 saturated carbocycles. The minimum atomic E-state index is -5.00. The second-order valence-electron chi connectivity index (χ2n) is 24.8. The molecule has 0 aromatic rings. The Bertz CT molecular complexity index is 2600. The largest absolute Gasteiger partial charge is 0.472 e. The third-order valence-corrected chi connectivity index (χ3v) is 17.1. The first-order valence-electron chi connectivity index (χ1n) is 38.4. The number of aliphatic hydroxyl groups excluding tert-OH is 1. The highest BCUT2D eigenvalue weighted by Gasteiger charge is 2.30. The van der Waals surface area contributed by atoms with Gasteiger partial charge in [-0.1, -0.05) is 281 Å². The Hall–Kier alpha value is -5.58. The molecule has 0 heterocycles. The van der Waals surface area contributed by atoms with Crippen LogP contribution in [0.2, 0.25) is 0 Å². The molecule has 19 heteroatoms. The Labute approximate surface area is 616 Å². The molecule has 578 valence electrons. The van der Waals surface area contributed by atoms with E-state index in [0.29, 0.717) is 25.7 Å². The molecule has 0 radical (unpaired) electrons. The van der Waals surface area contributed by atoms with Crippen LogP contribution < -0.4 is 0 Å². The highest BCUT2D eigenvalue weighted by molar-refractivity contribution is 7.47. The van der Waals surface area contributed by atoms with Crippen molar-refractivity contribution in [2.75, 3.05) is 39.6 Å². The Kier molecular flexibility index (Phi) is 69.7. The first kappa shape index (κ1) is 96.4. The van der Waals surface area contributed by atoms with Crippen LogP contribution in [0.1, 0.15) is 272 Å². The number of rotatable bonds is 70. The average molecular weight is 1470 g/mol. The molecule has 0 aliphatic rings. The van der Waals surface area contributed by atoms with Crippen molar-refractivity contribution >= 4 is 39.5 Å². The van der Waals surface area contributed by atoms with Gasteiger partial charge in [0.05, 0.1) is 32.8 Å². The molecule has 0 aliphatic carbocycles. The molecule has 102 heavy (non-hydrogen) atoms. The molecule has 0 aliphatic heterocycles. The summed E-state index contributed by atoms with van der Waals surface area (Å²) in [6.07, 6.45) is 86.6. The van der Waals surface area contributed by atoms with Crippen LogP contribution in [0.5, 0.6) is 0 Å². The Morgan fingerprint density at radius 1 is 0.294 bits per heavy atom. The minimum Gasteiger partial charge on any atom is -0.462 e. The Balaban J connectivity index is 5.47. The van der Waals surface area contributed by atoms with E-state index in [1.54, 1.807) is 6.08 Å². The lowest BCUT2D eigenvalue weighted by Gasteiger charge is -2.21. The molecule has 17 nitrogen and oxygen atoms in total. The van der Waals surface area contributed by atoms with E-state index in [1.807, 2.05) is 18.2 Å². The van der Waals surface area contributed by atoms with Crippen molar-refractivity contribution < 1.29 is 80.2 Å². The molecule has 0 spiro atoms. The van der Waals surface area contributed by atoms with Gasteiger partial charge in [-0.05, 0) is 135 Å². The molecule has 0 bridgehead atoms. The fourth-order valence-electron chi connectivity index (χ4n) is 9.49. The van der Waals surface area contributed by atoms with Crippen molar-refractivity contribution in [3.63, 3.8) is 0 Å². The number of carbonyl (C=O) groups excluding carboxylic acids is 4. The zero-order valence-electron chi connectivity index (χ0n) is 63.0. The number of hydrogen-bond donors (Lipinski definition) is 3. The summed E-state index contributed by atoms with van der Waals surface area (Å²) in [7, 11) is -10.0. The van der Waals surface area contributed by atoms with Gasteiger partial charge in [-0.15, -0.1) is 0 Å². The molecular weight excluding hydrogens is 1330 g/mol. The van der Waals surface area contributed by atoms with Crippen LogP contribution in [-0.4, -0.2) is 96.7 Å². The smallest absolute Gasteiger partial charge is 0.462 e. The molecule has 3 N–H and O–H groups in total. The van der Waals surface area contributed by atoms with Gasteiger partial charge in [0, 0.05) is 19.3 Å². The first-order valence-corrected chi connectivity index (χ1v) is 41.4. The van der Waals surface area contributed by atoms with Crippen LogP contribution in [0.4, 0.5) is 0 Å². The molecule has 0 fully saturated rings. The van der Waals surface area contributed by atoms with E-state index < -0.39 is 97.5 Å². The minimum absolute atomic E-state index is 0.0510. The van der Waals surface area contributed by atoms with E-state index in [0.717, 1.165) is 154 Å². The highest BCUT2D eigenvalue weighted by Crippen LogP contribution is 2.45. The van der Waals surface area contributed by atoms with E-state index in [1.165, 1.54) is 38.5 Å². The lowest BCUT2D eigenvalue weighted by molar-refractivity contribution is -0.161. The molecule has 0 aromatic heterocycles. The van der Waals surface area contributed by atoms with Crippen LogP contribution in [0.25, 0.3) is 0 Å². The van der Waals surface area contributed by atoms with E-state index in [2.05, 4.69) is 174 Å². The quantitative estimate of drug-likeness (QED) is 0.0169. The van der Waals surface area contributed by atoms with Gasteiger partial charge >= 0.3 is 39.5 Å². The number of aliphatic hydroxyl groups is 1. The normalized spacial score (nSPS) is 14.9. The van der Waals surface area contributed by atoms with Crippen LogP contribution in [-0.2, 0) is 65.4 Å². The van der Waals surface area contributed by atoms with Gasteiger partial charge in [0.1, 0.15) is 19.3 Å². The third-order valence-electron chi connectivity index (χ3n) is 15.2. The fraction of sp³-hybridized carbons (Fsp3) is 0.614. The van der Waals surface area contributed by atoms with E-state index in [9.17, 15) is 43.2 Å².